The molecule has 0 atom stereocenters. The van der Waals surface area contributed by atoms with E-state index in [4.69, 9.17) is 11.6 Å². The Morgan fingerprint density at radius 2 is 1.71 bits per heavy atom. The smallest absolute Gasteiger partial charge is 0.306 e. The van der Waals surface area contributed by atoms with Crippen LogP contribution in [0, 0.1) is 0 Å². The maximum atomic E-state index is 12.1. The fourth-order valence-corrected chi connectivity index (χ4v) is 2.04. The van der Waals surface area contributed by atoms with Gasteiger partial charge in [0.2, 0.25) is 0 Å². The summed E-state index contributed by atoms with van der Waals surface area (Å²) in [7, 11) is 0. The number of benzene rings is 2. The second-order valence-electron chi connectivity index (χ2n) is 4.45. The summed E-state index contributed by atoms with van der Waals surface area (Å²) in [4.78, 5) is 12.1. The van der Waals surface area contributed by atoms with Crippen LogP contribution in [0.5, 0.6) is 0 Å². The van der Waals surface area contributed by atoms with Gasteiger partial charge in [0.1, 0.15) is 0 Å². The highest BCUT2D eigenvalue weighted by atomic mass is 35.5. The molecule has 3 aromatic rings. The molecule has 0 unspecified atom stereocenters. The number of carbonyl (C=O) groups is 1. The molecule has 0 spiro atoms. The van der Waals surface area contributed by atoms with Crippen LogP contribution in [0.25, 0.3) is 11.3 Å². The topological polar surface area (TPSA) is 46.9 Å². The molecule has 21 heavy (non-hydrogen) atoms. The van der Waals surface area contributed by atoms with E-state index in [1.807, 2.05) is 42.5 Å². The fraction of sp³-hybridized carbons (Fsp3) is 0. The first kappa shape index (κ1) is 13.4. The van der Waals surface area contributed by atoms with E-state index >= 15 is 0 Å². The molecule has 0 aliphatic heterocycles. The Labute approximate surface area is 127 Å². The van der Waals surface area contributed by atoms with Crippen LogP contribution in [0.2, 0.25) is 5.02 Å². The van der Waals surface area contributed by atoms with Crippen molar-refractivity contribution >= 4 is 23.3 Å². The summed E-state index contributed by atoms with van der Waals surface area (Å²) < 4.78 is 1.27. The monoisotopic (exact) mass is 297 g/mol. The molecule has 0 radical (unpaired) electrons. The van der Waals surface area contributed by atoms with Gasteiger partial charge in [-0.1, -0.05) is 41.9 Å². The van der Waals surface area contributed by atoms with Crippen LogP contribution in [0.4, 0.5) is 10.5 Å². The molecular formula is C16H12ClN3O. The van der Waals surface area contributed by atoms with E-state index in [1.165, 1.54) is 4.68 Å². The molecule has 0 aliphatic carbocycles. The van der Waals surface area contributed by atoms with E-state index in [2.05, 4.69) is 10.4 Å². The molecule has 2 aromatic carbocycles. The van der Waals surface area contributed by atoms with Crippen molar-refractivity contribution < 1.29 is 4.79 Å². The minimum atomic E-state index is -0.304. The van der Waals surface area contributed by atoms with Crippen molar-refractivity contribution in [2.45, 2.75) is 0 Å². The Bertz CT molecular complexity index is 751. The fourth-order valence-electron chi connectivity index (χ4n) is 1.91. The third-order valence-corrected chi connectivity index (χ3v) is 3.21. The van der Waals surface area contributed by atoms with Gasteiger partial charge in [-0.2, -0.15) is 9.78 Å². The molecule has 1 aromatic heterocycles. The van der Waals surface area contributed by atoms with Crippen LogP contribution < -0.4 is 5.32 Å². The Balaban J connectivity index is 1.78. The summed E-state index contributed by atoms with van der Waals surface area (Å²) in [6.45, 7) is 0. The highest BCUT2D eigenvalue weighted by Gasteiger charge is 2.08. The van der Waals surface area contributed by atoms with E-state index in [1.54, 1.807) is 24.4 Å². The second kappa shape index (κ2) is 5.81. The first-order valence-corrected chi connectivity index (χ1v) is 6.78. The van der Waals surface area contributed by atoms with Crippen molar-refractivity contribution in [3.05, 3.63) is 71.9 Å². The predicted molar refractivity (Wildman–Crippen MR) is 83.5 cm³/mol. The van der Waals surface area contributed by atoms with E-state index in [-0.39, 0.29) is 6.03 Å². The molecule has 1 amide bonds. The maximum Gasteiger partial charge on any atom is 0.346 e. The third-order valence-electron chi connectivity index (χ3n) is 2.96. The van der Waals surface area contributed by atoms with Crippen LogP contribution in [0.1, 0.15) is 0 Å². The minimum Gasteiger partial charge on any atom is -0.306 e. The van der Waals surface area contributed by atoms with Crippen LogP contribution in [-0.2, 0) is 0 Å². The largest absolute Gasteiger partial charge is 0.346 e. The lowest BCUT2D eigenvalue weighted by Gasteiger charge is -2.04. The van der Waals surface area contributed by atoms with Crippen molar-refractivity contribution in [2.75, 3.05) is 5.32 Å². The van der Waals surface area contributed by atoms with Gasteiger partial charge in [-0.3, -0.25) is 0 Å². The van der Waals surface area contributed by atoms with Gasteiger partial charge >= 0.3 is 6.03 Å². The van der Waals surface area contributed by atoms with Gasteiger partial charge in [-0.05, 0) is 30.3 Å². The van der Waals surface area contributed by atoms with Gasteiger partial charge in [-0.25, -0.2) is 4.79 Å². The number of amides is 1. The lowest BCUT2D eigenvalue weighted by atomic mass is 10.2. The number of carbonyl (C=O) groups excluding carboxylic acids is 1. The maximum absolute atomic E-state index is 12.1. The van der Waals surface area contributed by atoms with Crippen LogP contribution in [0.15, 0.2) is 66.9 Å². The second-order valence-corrected chi connectivity index (χ2v) is 4.89. The number of hydrogen-bond donors (Lipinski definition) is 1. The van der Waals surface area contributed by atoms with E-state index in [9.17, 15) is 4.79 Å². The average Bonchev–Trinajstić information content (AvgIpc) is 2.99. The zero-order chi connectivity index (χ0) is 14.7. The summed E-state index contributed by atoms with van der Waals surface area (Å²) in [6, 6.07) is 18.0. The molecular weight excluding hydrogens is 286 g/mol. The first-order chi connectivity index (χ1) is 10.2. The zero-order valence-corrected chi connectivity index (χ0v) is 11.8. The van der Waals surface area contributed by atoms with Gasteiger partial charge < -0.3 is 5.32 Å². The Morgan fingerprint density at radius 1 is 1.00 bits per heavy atom. The van der Waals surface area contributed by atoms with Gasteiger partial charge in [0.25, 0.3) is 0 Å². The van der Waals surface area contributed by atoms with Crippen LogP contribution >= 0.6 is 11.6 Å². The SMILES string of the molecule is O=C(Nc1ccccc1)n1ccc(-c2ccc(Cl)cc2)n1. The number of aromatic nitrogens is 2. The van der Waals surface area contributed by atoms with Gasteiger partial charge in [0.15, 0.2) is 0 Å². The van der Waals surface area contributed by atoms with Crippen LogP contribution in [-0.4, -0.2) is 15.8 Å². The summed E-state index contributed by atoms with van der Waals surface area (Å²) in [6.07, 6.45) is 1.63. The van der Waals surface area contributed by atoms with Crippen molar-refractivity contribution in [1.29, 1.82) is 0 Å². The highest BCUT2D eigenvalue weighted by molar-refractivity contribution is 6.30. The Kier molecular flexibility index (Phi) is 3.71. The van der Waals surface area contributed by atoms with Crippen molar-refractivity contribution in [3.63, 3.8) is 0 Å². The molecule has 104 valence electrons. The number of anilines is 1. The molecule has 0 bridgehead atoms. The first-order valence-electron chi connectivity index (χ1n) is 6.40. The number of nitrogens with one attached hydrogen (secondary N) is 1. The molecule has 1 heterocycles. The van der Waals surface area contributed by atoms with E-state index < -0.39 is 0 Å². The molecule has 0 aliphatic rings. The molecule has 0 fully saturated rings. The quantitative estimate of drug-likeness (QED) is 0.767. The standard InChI is InChI=1S/C16H12ClN3O/c17-13-8-6-12(7-9-13)15-10-11-20(19-15)16(21)18-14-4-2-1-3-5-14/h1-11H,(H,18,21). The Hall–Kier alpha value is -2.59. The molecule has 4 nitrogen and oxygen atoms in total. The number of nitrogens with zero attached hydrogens (tertiary/aromatic N) is 2. The predicted octanol–water partition coefficient (Wildman–Crippen LogP) is 4.28. The van der Waals surface area contributed by atoms with E-state index in [0.717, 1.165) is 16.9 Å². The number of halogens is 1. The lowest BCUT2D eigenvalue weighted by Crippen LogP contribution is -2.19. The van der Waals surface area contributed by atoms with Crippen molar-refractivity contribution in [3.8, 4) is 11.3 Å². The van der Waals surface area contributed by atoms with E-state index in [0.29, 0.717) is 5.02 Å². The number of para-hydroxylation sites is 1. The summed E-state index contributed by atoms with van der Waals surface area (Å²) >= 11 is 5.86. The summed E-state index contributed by atoms with van der Waals surface area (Å²) in [5, 5.41) is 7.71. The summed E-state index contributed by atoms with van der Waals surface area (Å²) in [5.74, 6) is 0. The molecule has 3 rings (SSSR count). The minimum absolute atomic E-state index is 0.304. The summed E-state index contributed by atoms with van der Waals surface area (Å²) in [5.41, 5.74) is 2.35. The van der Waals surface area contributed by atoms with Gasteiger partial charge in [0.05, 0.1) is 5.69 Å². The Morgan fingerprint density at radius 3 is 2.43 bits per heavy atom. The zero-order valence-electron chi connectivity index (χ0n) is 11.0. The number of hydrogen-bond acceptors (Lipinski definition) is 2. The number of rotatable bonds is 2. The third kappa shape index (κ3) is 3.12. The average molecular weight is 298 g/mol. The molecule has 0 saturated heterocycles. The van der Waals surface area contributed by atoms with Crippen molar-refractivity contribution in [2.24, 2.45) is 0 Å². The van der Waals surface area contributed by atoms with Crippen molar-refractivity contribution in [1.82, 2.24) is 9.78 Å². The molecule has 1 N–H and O–H groups in total. The van der Waals surface area contributed by atoms with Crippen LogP contribution in [0.3, 0.4) is 0 Å². The highest BCUT2D eigenvalue weighted by Crippen LogP contribution is 2.19. The van der Waals surface area contributed by atoms with Gasteiger partial charge in [0, 0.05) is 22.5 Å². The normalized spacial score (nSPS) is 10.3. The molecule has 5 heteroatoms. The van der Waals surface area contributed by atoms with Gasteiger partial charge in [-0.15, -0.1) is 0 Å². The molecule has 0 saturated carbocycles. The lowest BCUT2D eigenvalue weighted by molar-refractivity contribution is 0.251.